The van der Waals surface area contributed by atoms with Crippen LogP contribution in [0.4, 0.5) is 10.5 Å². The minimum atomic E-state index is 0.140. The van der Waals surface area contributed by atoms with E-state index in [4.69, 9.17) is 0 Å². The third-order valence-corrected chi connectivity index (χ3v) is 6.25. The Labute approximate surface area is 161 Å². The van der Waals surface area contributed by atoms with E-state index in [0.29, 0.717) is 6.04 Å². The van der Waals surface area contributed by atoms with Crippen LogP contribution in [0, 0.1) is 5.92 Å². The molecular formula is C23H27N3O. The molecule has 140 valence electrons. The van der Waals surface area contributed by atoms with Crippen molar-refractivity contribution in [3.05, 3.63) is 65.7 Å². The third-order valence-electron chi connectivity index (χ3n) is 6.25. The van der Waals surface area contributed by atoms with Crippen LogP contribution >= 0.6 is 0 Å². The van der Waals surface area contributed by atoms with E-state index >= 15 is 0 Å². The van der Waals surface area contributed by atoms with Gasteiger partial charge in [-0.1, -0.05) is 42.5 Å². The van der Waals surface area contributed by atoms with Crippen molar-refractivity contribution in [2.45, 2.75) is 38.1 Å². The van der Waals surface area contributed by atoms with Crippen LogP contribution < -0.4 is 4.90 Å². The molecule has 1 saturated heterocycles. The number of para-hydroxylation sites is 1. The molecule has 2 aromatic carbocycles. The molecule has 0 spiro atoms. The maximum absolute atomic E-state index is 13.2. The highest BCUT2D eigenvalue weighted by atomic mass is 16.2. The Kier molecular flexibility index (Phi) is 4.36. The number of nitrogens with zero attached hydrogens (tertiary/aromatic N) is 3. The fourth-order valence-corrected chi connectivity index (χ4v) is 4.55. The molecule has 4 heteroatoms. The lowest BCUT2D eigenvalue weighted by atomic mass is 9.88. The second-order valence-corrected chi connectivity index (χ2v) is 8.12. The van der Waals surface area contributed by atoms with Gasteiger partial charge >= 0.3 is 6.03 Å². The van der Waals surface area contributed by atoms with Crippen molar-refractivity contribution in [2.24, 2.45) is 5.92 Å². The highest BCUT2D eigenvalue weighted by Gasteiger charge is 2.39. The molecule has 0 aromatic heterocycles. The number of urea groups is 1. The summed E-state index contributed by atoms with van der Waals surface area (Å²) < 4.78 is 0. The number of fused-ring (bicyclic) bond motifs is 1. The molecule has 0 radical (unpaired) electrons. The van der Waals surface area contributed by atoms with E-state index in [9.17, 15) is 4.79 Å². The largest absolute Gasteiger partial charge is 0.339 e. The van der Waals surface area contributed by atoms with Crippen LogP contribution in [0.15, 0.2) is 54.6 Å². The highest BCUT2D eigenvalue weighted by Crippen LogP contribution is 2.34. The first-order valence-corrected chi connectivity index (χ1v) is 10.3. The molecular weight excluding hydrogens is 334 g/mol. The van der Waals surface area contributed by atoms with Gasteiger partial charge in [-0.2, -0.15) is 0 Å². The van der Waals surface area contributed by atoms with E-state index in [1.807, 2.05) is 40.2 Å². The van der Waals surface area contributed by atoms with Crippen molar-refractivity contribution in [1.29, 1.82) is 0 Å². The Bertz CT molecular complexity index is 817. The molecule has 1 unspecified atom stereocenters. The summed E-state index contributed by atoms with van der Waals surface area (Å²) in [6.07, 6.45) is 5.93. The van der Waals surface area contributed by atoms with Crippen LogP contribution in [0.25, 0.3) is 0 Å². The van der Waals surface area contributed by atoms with E-state index in [-0.39, 0.29) is 6.03 Å². The molecule has 2 fully saturated rings. The zero-order chi connectivity index (χ0) is 18.2. The van der Waals surface area contributed by atoms with Crippen LogP contribution in [0.1, 0.15) is 30.4 Å². The lowest BCUT2D eigenvalue weighted by Crippen LogP contribution is -2.53. The minimum absolute atomic E-state index is 0.140. The summed E-state index contributed by atoms with van der Waals surface area (Å²) in [6, 6.07) is 19.5. The smallest absolute Gasteiger partial charge is 0.291 e. The van der Waals surface area contributed by atoms with Gasteiger partial charge in [0.25, 0.3) is 0 Å². The number of hydrazine groups is 1. The van der Waals surface area contributed by atoms with Gasteiger partial charge in [-0.3, -0.25) is 9.91 Å². The summed E-state index contributed by atoms with van der Waals surface area (Å²) in [5, 5.41) is 4.47. The zero-order valence-electron chi connectivity index (χ0n) is 15.8. The van der Waals surface area contributed by atoms with Gasteiger partial charge in [0, 0.05) is 24.8 Å². The molecule has 5 rings (SSSR count). The summed E-state index contributed by atoms with van der Waals surface area (Å²) in [4.78, 5) is 15.2. The Morgan fingerprint density at radius 1 is 0.889 bits per heavy atom. The minimum Gasteiger partial charge on any atom is -0.291 e. The molecule has 2 aromatic rings. The molecule has 2 aliphatic carbocycles. The number of anilines is 1. The average molecular weight is 361 g/mol. The Morgan fingerprint density at radius 3 is 2.41 bits per heavy atom. The maximum atomic E-state index is 13.2. The van der Waals surface area contributed by atoms with Crippen LogP contribution in [-0.4, -0.2) is 41.7 Å². The van der Waals surface area contributed by atoms with Crippen molar-refractivity contribution in [1.82, 2.24) is 10.0 Å². The summed E-state index contributed by atoms with van der Waals surface area (Å²) in [7, 11) is 0. The first-order chi connectivity index (χ1) is 13.3. The average Bonchev–Trinajstić information content (AvgIpc) is 3.47. The Hall–Kier alpha value is -2.33. The number of benzene rings is 2. The van der Waals surface area contributed by atoms with E-state index in [0.717, 1.165) is 50.5 Å². The lowest BCUT2D eigenvalue weighted by molar-refractivity contribution is -0.0174. The van der Waals surface area contributed by atoms with Gasteiger partial charge in [0.1, 0.15) is 0 Å². The first kappa shape index (κ1) is 16.8. The summed E-state index contributed by atoms with van der Waals surface area (Å²) in [6.45, 7) is 2.59. The molecule has 1 aliphatic heterocycles. The number of carbonyl (C=O) groups excluding carboxylic acids is 1. The number of hydrogen-bond donors (Lipinski definition) is 0. The molecule has 1 heterocycles. The van der Waals surface area contributed by atoms with Gasteiger partial charge in [0.2, 0.25) is 0 Å². The van der Waals surface area contributed by atoms with Crippen molar-refractivity contribution in [2.75, 3.05) is 24.5 Å². The number of rotatable bonds is 5. The van der Waals surface area contributed by atoms with Crippen LogP contribution in [0.3, 0.4) is 0 Å². The predicted molar refractivity (Wildman–Crippen MR) is 108 cm³/mol. The van der Waals surface area contributed by atoms with Gasteiger partial charge in [-0.15, -0.1) is 0 Å². The van der Waals surface area contributed by atoms with E-state index < -0.39 is 0 Å². The Balaban J connectivity index is 1.37. The first-order valence-electron chi connectivity index (χ1n) is 10.3. The Morgan fingerprint density at radius 2 is 1.63 bits per heavy atom. The third kappa shape index (κ3) is 3.34. The zero-order valence-corrected chi connectivity index (χ0v) is 15.8. The predicted octanol–water partition coefficient (Wildman–Crippen LogP) is 4.11. The standard InChI is InChI=1S/C23H27N3O/c27-23-24(21-8-2-1-3-9-21)14-15-25(23)26(17-18-10-11-18)22-13-12-19-6-4-5-7-20(19)16-22/h1-9,18,22H,10-17H2. The molecule has 1 saturated carbocycles. The molecule has 27 heavy (non-hydrogen) atoms. The van der Waals surface area contributed by atoms with Crippen molar-refractivity contribution in [3.8, 4) is 0 Å². The number of aryl methyl sites for hydroxylation is 1. The molecule has 2 amide bonds. The molecule has 0 bridgehead atoms. The summed E-state index contributed by atoms with van der Waals surface area (Å²) in [5.74, 6) is 0.765. The lowest BCUT2D eigenvalue weighted by Gasteiger charge is -2.40. The fourth-order valence-electron chi connectivity index (χ4n) is 4.55. The number of carbonyl (C=O) groups is 1. The monoisotopic (exact) mass is 361 g/mol. The van der Waals surface area contributed by atoms with Gasteiger partial charge in [-0.25, -0.2) is 9.80 Å². The SMILES string of the molecule is O=C1N(c2ccccc2)CCN1N(CC1CC1)C1CCc2ccccc2C1. The van der Waals surface area contributed by atoms with Gasteiger partial charge in [0.05, 0.1) is 6.54 Å². The van der Waals surface area contributed by atoms with Crippen LogP contribution in [0.2, 0.25) is 0 Å². The van der Waals surface area contributed by atoms with Crippen LogP contribution in [0.5, 0.6) is 0 Å². The topological polar surface area (TPSA) is 26.8 Å². The second kappa shape index (κ2) is 7.01. The number of hydrogen-bond acceptors (Lipinski definition) is 2. The van der Waals surface area contributed by atoms with Crippen molar-refractivity contribution < 1.29 is 4.79 Å². The van der Waals surface area contributed by atoms with Crippen molar-refractivity contribution in [3.63, 3.8) is 0 Å². The molecule has 3 aliphatic rings. The normalized spacial score (nSPS) is 22.4. The van der Waals surface area contributed by atoms with Gasteiger partial charge in [0.15, 0.2) is 0 Å². The van der Waals surface area contributed by atoms with E-state index in [1.54, 1.807) is 0 Å². The molecule has 4 nitrogen and oxygen atoms in total. The van der Waals surface area contributed by atoms with Gasteiger partial charge < -0.3 is 0 Å². The van der Waals surface area contributed by atoms with E-state index in [1.165, 1.54) is 24.0 Å². The second-order valence-electron chi connectivity index (χ2n) is 8.12. The highest BCUT2D eigenvalue weighted by molar-refractivity contribution is 5.93. The quantitative estimate of drug-likeness (QED) is 0.801. The van der Waals surface area contributed by atoms with Crippen molar-refractivity contribution >= 4 is 11.7 Å². The van der Waals surface area contributed by atoms with Gasteiger partial charge in [-0.05, 0) is 61.3 Å². The van der Waals surface area contributed by atoms with Crippen LogP contribution in [-0.2, 0) is 12.8 Å². The maximum Gasteiger partial charge on any atom is 0.339 e. The molecule has 1 atom stereocenters. The van der Waals surface area contributed by atoms with E-state index in [2.05, 4.69) is 29.3 Å². The summed E-state index contributed by atoms with van der Waals surface area (Å²) >= 11 is 0. The fraction of sp³-hybridized carbons (Fsp3) is 0.435. The summed E-state index contributed by atoms with van der Waals surface area (Å²) in [5.41, 5.74) is 3.95. The molecule has 0 N–H and O–H groups in total. The number of amides is 2.